The van der Waals surface area contributed by atoms with Gasteiger partial charge in [0.1, 0.15) is 6.29 Å². The molecule has 2 unspecified atom stereocenters. The number of halogens is 1. The summed E-state index contributed by atoms with van der Waals surface area (Å²) < 4.78 is 0. The summed E-state index contributed by atoms with van der Waals surface area (Å²) in [6, 6.07) is 7.74. The van der Waals surface area contributed by atoms with Crippen LogP contribution in [-0.2, 0) is 9.90 Å². The molecule has 1 radical (unpaired) electrons. The monoisotopic (exact) mass is 383 g/mol. The second kappa shape index (κ2) is 14.6. The average Bonchev–Trinajstić information content (AvgIpc) is 2.60. The van der Waals surface area contributed by atoms with Crippen LogP contribution in [0.4, 0.5) is 0 Å². The predicted octanol–water partition coefficient (Wildman–Crippen LogP) is 6.69. The molecule has 0 spiro atoms. The molecule has 0 N–H and O–H groups in total. The van der Waals surface area contributed by atoms with Crippen LogP contribution in [0, 0.1) is 0 Å². The minimum absolute atomic E-state index is 0.0965. The highest BCUT2D eigenvalue weighted by molar-refractivity contribution is 7.99. The zero-order chi connectivity index (χ0) is 18.3. The lowest BCUT2D eigenvalue weighted by Gasteiger charge is -2.19. The zero-order valence-corrected chi connectivity index (χ0v) is 17.0. The van der Waals surface area contributed by atoms with Crippen molar-refractivity contribution in [1.29, 1.82) is 0 Å². The Morgan fingerprint density at radius 1 is 0.960 bits per heavy atom. The van der Waals surface area contributed by atoms with Gasteiger partial charge in [-0.2, -0.15) is 11.8 Å². The summed E-state index contributed by atoms with van der Waals surface area (Å²) in [5.74, 6) is 2.50. The van der Waals surface area contributed by atoms with Gasteiger partial charge in [0, 0.05) is 17.4 Å². The first-order valence-corrected chi connectivity index (χ1v) is 11.1. The Morgan fingerprint density at radius 3 is 2.20 bits per heavy atom. The fourth-order valence-electron chi connectivity index (χ4n) is 3.01. The van der Waals surface area contributed by atoms with Gasteiger partial charge in [-0.1, -0.05) is 49.4 Å². The molecule has 0 aliphatic rings. The van der Waals surface area contributed by atoms with E-state index in [9.17, 15) is 9.90 Å². The van der Waals surface area contributed by atoms with Crippen LogP contribution in [-0.4, -0.2) is 23.9 Å². The Kier molecular flexibility index (Phi) is 13.2. The van der Waals surface area contributed by atoms with Gasteiger partial charge in [0.05, 0.1) is 6.10 Å². The third-order valence-corrected chi connectivity index (χ3v) is 5.94. The summed E-state index contributed by atoms with van der Waals surface area (Å²) in [5, 5.41) is 12.7. The highest BCUT2D eigenvalue weighted by atomic mass is 35.5. The maximum atomic E-state index is 12.0. The van der Waals surface area contributed by atoms with E-state index < -0.39 is 6.10 Å². The lowest BCUT2D eigenvalue weighted by atomic mass is 9.89. The van der Waals surface area contributed by atoms with E-state index >= 15 is 0 Å². The highest BCUT2D eigenvalue weighted by Gasteiger charge is 2.18. The SMILES string of the molecule is CC([O])C(CCCCCCCSCCCCC=O)c1ccc(Cl)cc1. The number of thioether (sulfide) groups is 1. The van der Waals surface area contributed by atoms with Crippen LogP contribution in [0.1, 0.15) is 76.2 Å². The predicted molar refractivity (Wildman–Crippen MR) is 109 cm³/mol. The second-order valence-corrected chi connectivity index (χ2v) is 8.36. The van der Waals surface area contributed by atoms with E-state index in [0.29, 0.717) is 6.42 Å². The van der Waals surface area contributed by atoms with Crippen LogP contribution >= 0.6 is 23.4 Å². The van der Waals surface area contributed by atoms with Crippen molar-refractivity contribution in [1.82, 2.24) is 0 Å². The molecule has 0 aliphatic heterocycles. The smallest absolute Gasteiger partial charge is 0.119 e. The molecule has 0 fully saturated rings. The molecule has 2 nitrogen and oxygen atoms in total. The number of carbonyl (C=O) groups is 1. The molecule has 0 aliphatic carbocycles. The van der Waals surface area contributed by atoms with E-state index in [4.69, 9.17) is 11.6 Å². The molecule has 0 amide bonds. The third-order valence-electron chi connectivity index (χ3n) is 4.53. The van der Waals surface area contributed by atoms with E-state index in [0.717, 1.165) is 42.6 Å². The zero-order valence-electron chi connectivity index (χ0n) is 15.4. The molecule has 141 valence electrons. The quantitative estimate of drug-likeness (QED) is 0.250. The van der Waals surface area contributed by atoms with Crippen molar-refractivity contribution in [2.45, 2.75) is 76.7 Å². The average molecular weight is 384 g/mol. The number of unbranched alkanes of at least 4 members (excludes halogenated alkanes) is 6. The molecule has 0 bridgehead atoms. The first-order valence-electron chi connectivity index (χ1n) is 9.57. The third kappa shape index (κ3) is 10.9. The number of rotatable bonds is 15. The number of aldehydes is 1. The molecule has 25 heavy (non-hydrogen) atoms. The number of hydrogen-bond donors (Lipinski definition) is 0. The van der Waals surface area contributed by atoms with Gasteiger partial charge in [0.25, 0.3) is 0 Å². The van der Waals surface area contributed by atoms with Crippen LogP contribution < -0.4 is 0 Å². The number of carbonyl (C=O) groups excluding carboxylic acids is 1. The Hall–Kier alpha value is -0.510. The fraction of sp³-hybridized carbons (Fsp3) is 0.667. The Balaban J connectivity index is 2.05. The molecule has 0 heterocycles. The molecule has 2 atom stereocenters. The van der Waals surface area contributed by atoms with E-state index in [1.54, 1.807) is 6.92 Å². The molecular weight excluding hydrogens is 352 g/mol. The molecule has 0 aromatic heterocycles. The molecule has 4 heteroatoms. The van der Waals surface area contributed by atoms with Gasteiger partial charge in [-0.3, -0.25) is 0 Å². The van der Waals surface area contributed by atoms with Gasteiger partial charge in [0.15, 0.2) is 0 Å². The van der Waals surface area contributed by atoms with Crippen LogP contribution in [0.3, 0.4) is 0 Å². The van der Waals surface area contributed by atoms with Crippen molar-refractivity contribution in [2.24, 2.45) is 0 Å². The Morgan fingerprint density at radius 2 is 1.56 bits per heavy atom. The maximum Gasteiger partial charge on any atom is 0.119 e. The topological polar surface area (TPSA) is 37.0 Å². The van der Waals surface area contributed by atoms with Crippen LogP contribution in [0.2, 0.25) is 5.02 Å². The largest absolute Gasteiger partial charge is 0.303 e. The van der Waals surface area contributed by atoms with Crippen LogP contribution in [0.15, 0.2) is 24.3 Å². The van der Waals surface area contributed by atoms with Crippen molar-refractivity contribution in [2.75, 3.05) is 11.5 Å². The second-order valence-electron chi connectivity index (χ2n) is 6.69. The normalized spacial score (nSPS) is 13.6. The molecule has 1 aromatic rings. The van der Waals surface area contributed by atoms with Crippen molar-refractivity contribution >= 4 is 29.6 Å². The summed E-state index contributed by atoms with van der Waals surface area (Å²) in [4.78, 5) is 10.2. The summed E-state index contributed by atoms with van der Waals surface area (Å²) in [5.41, 5.74) is 1.12. The van der Waals surface area contributed by atoms with Crippen molar-refractivity contribution in [3.05, 3.63) is 34.9 Å². The van der Waals surface area contributed by atoms with Gasteiger partial charge in [-0.15, -0.1) is 0 Å². The lowest BCUT2D eigenvalue weighted by Crippen LogP contribution is -2.13. The Labute approximate surface area is 162 Å². The minimum Gasteiger partial charge on any atom is -0.303 e. The summed E-state index contributed by atoms with van der Waals surface area (Å²) in [6.07, 6.45) is 10.4. The summed E-state index contributed by atoms with van der Waals surface area (Å²) in [6.45, 7) is 1.77. The van der Waals surface area contributed by atoms with Crippen molar-refractivity contribution < 1.29 is 9.90 Å². The fourth-order valence-corrected chi connectivity index (χ4v) is 4.16. The standard InChI is InChI=1S/C21H32ClO2S/c1-18(24)21(19-11-13-20(22)14-12-19)10-6-3-2-4-8-16-25-17-9-5-7-15-23/h11-15,18,21H,2-10,16-17H2,1H3. The molecule has 1 aromatic carbocycles. The van der Waals surface area contributed by atoms with Crippen molar-refractivity contribution in [3.63, 3.8) is 0 Å². The van der Waals surface area contributed by atoms with E-state index in [2.05, 4.69) is 0 Å². The van der Waals surface area contributed by atoms with Gasteiger partial charge >= 0.3 is 0 Å². The van der Waals surface area contributed by atoms with Crippen LogP contribution in [0.5, 0.6) is 0 Å². The van der Waals surface area contributed by atoms with Gasteiger partial charge in [-0.25, -0.2) is 5.11 Å². The van der Waals surface area contributed by atoms with Gasteiger partial charge in [-0.05, 0) is 61.8 Å². The minimum atomic E-state index is -0.572. The molecule has 1 rings (SSSR count). The Bertz CT molecular complexity index is 448. The summed E-state index contributed by atoms with van der Waals surface area (Å²) >= 11 is 7.94. The maximum absolute atomic E-state index is 12.0. The van der Waals surface area contributed by atoms with Gasteiger partial charge in [0.2, 0.25) is 0 Å². The molecular formula is C21H32ClO2S. The summed E-state index contributed by atoms with van der Waals surface area (Å²) in [7, 11) is 0. The van der Waals surface area contributed by atoms with Crippen LogP contribution in [0.25, 0.3) is 0 Å². The van der Waals surface area contributed by atoms with Gasteiger partial charge < -0.3 is 4.79 Å². The molecule has 0 saturated carbocycles. The first kappa shape index (κ1) is 22.5. The van der Waals surface area contributed by atoms with Crippen molar-refractivity contribution in [3.8, 4) is 0 Å². The number of hydrogen-bond acceptors (Lipinski definition) is 2. The molecule has 0 saturated heterocycles. The number of benzene rings is 1. The first-order chi connectivity index (χ1) is 12.1. The lowest BCUT2D eigenvalue weighted by molar-refractivity contribution is -0.107. The van der Waals surface area contributed by atoms with E-state index in [-0.39, 0.29) is 5.92 Å². The van der Waals surface area contributed by atoms with E-state index in [1.165, 1.54) is 37.2 Å². The van der Waals surface area contributed by atoms with E-state index in [1.807, 2.05) is 36.0 Å². The highest BCUT2D eigenvalue weighted by Crippen LogP contribution is 2.27.